The molecule has 1 heterocycles. The van der Waals surface area contributed by atoms with Gasteiger partial charge in [0.25, 0.3) is 0 Å². The van der Waals surface area contributed by atoms with Crippen LogP contribution in [-0.2, 0) is 12.4 Å². The molecule has 0 saturated heterocycles. The van der Waals surface area contributed by atoms with E-state index in [0.29, 0.717) is 6.07 Å². The lowest BCUT2D eigenvalue weighted by Gasteiger charge is -2.19. The summed E-state index contributed by atoms with van der Waals surface area (Å²) >= 11 is 0. The van der Waals surface area contributed by atoms with Gasteiger partial charge in [-0.25, -0.2) is 0 Å². The molecule has 0 radical (unpaired) electrons. The van der Waals surface area contributed by atoms with Crippen molar-refractivity contribution >= 4 is 11.3 Å². The van der Waals surface area contributed by atoms with Crippen LogP contribution >= 0.6 is 0 Å². The largest absolute Gasteiger partial charge is 0.417 e. The maximum absolute atomic E-state index is 13.1. The minimum Gasteiger partial charge on any atom is -0.274 e. The van der Waals surface area contributed by atoms with Crippen LogP contribution < -0.4 is 0 Å². The summed E-state index contributed by atoms with van der Waals surface area (Å²) in [5.74, 6) is 0. The van der Waals surface area contributed by atoms with E-state index in [1.807, 2.05) is 0 Å². The van der Waals surface area contributed by atoms with Gasteiger partial charge in [0.1, 0.15) is 11.8 Å². The van der Waals surface area contributed by atoms with Crippen molar-refractivity contribution in [1.29, 1.82) is 5.26 Å². The third-order valence-electron chi connectivity index (χ3n) is 3.09. The minimum absolute atomic E-state index is 0.0470. The van der Waals surface area contributed by atoms with E-state index in [1.54, 1.807) is 6.07 Å². The van der Waals surface area contributed by atoms with Crippen molar-refractivity contribution in [2.24, 2.45) is 4.99 Å². The lowest BCUT2D eigenvalue weighted by Crippen LogP contribution is -2.14. The monoisotopic (exact) mass is 318 g/mol. The molecule has 0 aromatic heterocycles. The highest BCUT2D eigenvalue weighted by Gasteiger charge is 2.38. The molecule has 2 nitrogen and oxygen atoms in total. The number of rotatable bonds is 1. The standard InChI is InChI=1S/C14H8F6N2/c15-13(16,17)9-1-2-11(12(6-9)14(18,19)20)8-3-4-22-10(5-8)7-21/h1-2,5-6H,3-4H2. The summed E-state index contributed by atoms with van der Waals surface area (Å²) in [5, 5.41) is 8.74. The lowest BCUT2D eigenvalue weighted by molar-refractivity contribution is -0.143. The molecule has 0 atom stereocenters. The SMILES string of the molecule is N#CC1=NCCC(c2ccc(C(F)(F)F)cc2C(F)(F)F)=C1. The summed E-state index contributed by atoms with van der Waals surface area (Å²) in [4.78, 5) is 3.79. The van der Waals surface area contributed by atoms with Gasteiger partial charge in [-0.05, 0) is 35.8 Å². The van der Waals surface area contributed by atoms with Crippen LogP contribution in [0.1, 0.15) is 23.1 Å². The maximum Gasteiger partial charge on any atom is 0.417 e. The van der Waals surface area contributed by atoms with E-state index in [9.17, 15) is 26.3 Å². The van der Waals surface area contributed by atoms with Crippen molar-refractivity contribution in [2.45, 2.75) is 18.8 Å². The molecule has 116 valence electrons. The summed E-state index contributed by atoms with van der Waals surface area (Å²) < 4.78 is 77.0. The van der Waals surface area contributed by atoms with Crippen molar-refractivity contribution < 1.29 is 26.3 Å². The van der Waals surface area contributed by atoms with Gasteiger partial charge in [-0.1, -0.05) is 6.07 Å². The van der Waals surface area contributed by atoms with Gasteiger partial charge in [-0.2, -0.15) is 31.6 Å². The van der Waals surface area contributed by atoms with Gasteiger partial charge in [0.2, 0.25) is 0 Å². The molecule has 2 rings (SSSR count). The van der Waals surface area contributed by atoms with E-state index >= 15 is 0 Å². The van der Waals surface area contributed by atoms with Crippen molar-refractivity contribution in [3.8, 4) is 6.07 Å². The van der Waals surface area contributed by atoms with E-state index in [1.165, 1.54) is 6.08 Å². The molecule has 0 N–H and O–H groups in total. The van der Waals surface area contributed by atoms with Crippen LogP contribution in [0.25, 0.3) is 5.57 Å². The van der Waals surface area contributed by atoms with E-state index in [2.05, 4.69) is 4.99 Å². The van der Waals surface area contributed by atoms with E-state index in [4.69, 9.17) is 5.26 Å². The second-order valence-electron chi connectivity index (χ2n) is 4.55. The third kappa shape index (κ3) is 3.30. The first-order valence-electron chi connectivity index (χ1n) is 6.07. The Balaban J connectivity index is 2.60. The molecule has 8 heteroatoms. The topological polar surface area (TPSA) is 36.1 Å². The molecule has 0 amide bonds. The first-order chi connectivity index (χ1) is 10.1. The number of hydrogen-bond acceptors (Lipinski definition) is 2. The highest BCUT2D eigenvalue weighted by atomic mass is 19.4. The van der Waals surface area contributed by atoms with Crippen molar-refractivity contribution in [3.05, 3.63) is 41.0 Å². The summed E-state index contributed by atoms with van der Waals surface area (Å²) in [6.45, 7) is 0.118. The van der Waals surface area contributed by atoms with E-state index in [0.717, 1.165) is 6.07 Å². The molecule has 22 heavy (non-hydrogen) atoms. The second kappa shape index (κ2) is 5.48. The number of alkyl halides is 6. The molecular formula is C14H8F6N2. The number of aliphatic imine (C=N–C) groups is 1. The summed E-state index contributed by atoms with van der Waals surface area (Å²) in [6, 6.07) is 3.19. The number of allylic oxidation sites excluding steroid dienone is 1. The van der Waals surface area contributed by atoms with Crippen LogP contribution in [-0.4, -0.2) is 12.3 Å². The molecule has 0 bridgehead atoms. The number of nitriles is 1. The van der Waals surface area contributed by atoms with Gasteiger partial charge in [-0.15, -0.1) is 0 Å². The summed E-state index contributed by atoms with van der Waals surface area (Å²) in [5.41, 5.74) is -2.99. The molecule has 1 aliphatic heterocycles. The average Bonchev–Trinajstić information content (AvgIpc) is 2.45. The number of hydrogen-bond donors (Lipinski definition) is 0. The second-order valence-corrected chi connectivity index (χ2v) is 4.55. The predicted molar refractivity (Wildman–Crippen MR) is 67.0 cm³/mol. The fourth-order valence-corrected chi connectivity index (χ4v) is 2.09. The van der Waals surface area contributed by atoms with Crippen LogP contribution in [0.2, 0.25) is 0 Å². The Morgan fingerprint density at radius 3 is 2.27 bits per heavy atom. The van der Waals surface area contributed by atoms with Crippen molar-refractivity contribution in [1.82, 2.24) is 0 Å². The Morgan fingerprint density at radius 2 is 1.73 bits per heavy atom. The fourth-order valence-electron chi connectivity index (χ4n) is 2.09. The predicted octanol–water partition coefficient (Wildman–Crippen LogP) is 4.48. The highest BCUT2D eigenvalue weighted by Crippen LogP contribution is 2.40. The van der Waals surface area contributed by atoms with Gasteiger partial charge in [-0.3, -0.25) is 4.99 Å². The Kier molecular flexibility index (Phi) is 4.00. The minimum atomic E-state index is -4.93. The van der Waals surface area contributed by atoms with Crippen LogP contribution in [0, 0.1) is 11.3 Å². The van der Waals surface area contributed by atoms with Gasteiger partial charge in [0.05, 0.1) is 11.1 Å². The number of halogens is 6. The number of benzene rings is 1. The quantitative estimate of drug-likeness (QED) is 0.704. The Bertz CT molecular complexity index is 689. The van der Waals surface area contributed by atoms with Gasteiger partial charge < -0.3 is 0 Å². The molecule has 1 aromatic carbocycles. The molecule has 1 aromatic rings. The van der Waals surface area contributed by atoms with Crippen molar-refractivity contribution in [3.63, 3.8) is 0 Å². The first kappa shape index (κ1) is 16.1. The number of dihydropyridines is 1. The van der Waals surface area contributed by atoms with Crippen LogP contribution in [0.5, 0.6) is 0 Å². The summed E-state index contributed by atoms with van der Waals surface area (Å²) in [6.07, 6.45) is -8.50. The summed E-state index contributed by atoms with van der Waals surface area (Å²) in [7, 11) is 0. The smallest absolute Gasteiger partial charge is 0.274 e. The Labute approximate surface area is 121 Å². The normalized spacial score (nSPS) is 15.9. The van der Waals surface area contributed by atoms with Crippen molar-refractivity contribution in [2.75, 3.05) is 6.54 Å². The molecule has 0 fully saturated rings. The van der Waals surface area contributed by atoms with Gasteiger partial charge in [0, 0.05) is 6.54 Å². The van der Waals surface area contributed by atoms with Crippen LogP contribution in [0.4, 0.5) is 26.3 Å². The zero-order valence-corrected chi connectivity index (χ0v) is 10.9. The highest BCUT2D eigenvalue weighted by molar-refractivity contribution is 6.11. The van der Waals surface area contributed by atoms with Gasteiger partial charge in [0.15, 0.2) is 0 Å². The Hall–Kier alpha value is -2.30. The molecule has 0 aliphatic carbocycles. The van der Waals surface area contributed by atoms with E-state index < -0.39 is 23.5 Å². The fraction of sp³-hybridized carbons (Fsp3) is 0.286. The zero-order valence-electron chi connectivity index (χ0n) is 10.9. The lowest BCUT2D eigenvalue weighted by atomic mass is 9.93. The van der Waals surface area contributed by atoms with Crippen LogP contribution in [0.3, 0.4) is 0 Å². The molecule has 0 unspecified atom stereocenters. The average molecular weight is 318 g/mol. The molecule has 0 spiro atoms. The Morgan fingerprint density at radius 1 is 1.05 bits per heavy atom. The molecular weight excluding hydrogens is 310 g/mol. The third-order valence-corrected chi connectivity index (χ3v) is 3.09. The number of nitrogens with zero attached hydrogens (tertiary/aromatic N) is 2. The maximum atomic E-state index is 13.1. The first-order valence-corrected chi connectivity index (χ1v) is 6.07. The van der Waals surface area contributed by atoms with Crippen LogP contribution in [0.15, 0.2) is 29.3 Å². The van der Waals surface area contributed by atoms with Gasteiger partial charge >= 0.3 is 12.4 Å². The van der Waals surface area contributed by atoms with E-state index in [-0.39, 0.29) is 35.9 Å². The zero-order chi connectivity index (χ0) is 16.5. The molecule has 1 aliphatic rings. The molecule has 0 saturated carbocycles.